The zero-order chi connectivity index (χ0) is 16.6. The van der Waals surface area contributed by atoms with Gasteiger partial charge in [0.05, 0.1) is 23.0 Å². The molecule has 0 fully saturated rings. The number of aromatic nitrogens is 2. The Morgan fingerprint density at radius 1 is 1.43 bits per heavy atom. The van der Waals surface area contributed by atoms with E-state index in [1.54, 1.807) is 18.3 Å². The molecule has 2 N–H and O–H groups in total. The molecule has 0 aliphatic carbocycles. The lowest BCUT2D eigenvalue weighted by Gasteiger charge is -2.08. The number of oxazole rings is 1. The average molecular weight is 330 g/mol. The van der Waals surface area contributed by atoms with Gasteiger partial charge in [-0.2, -0.15) is 13.7 Å². The van der Waals surface area contributed by atoms with Gasteiger partial charge in [0.2, 0.25) is 0 Å². The average Bonchev–Trinajstić information content (AvgIpc) is 3.16. The molecule has 7 nitrogen and oxygen atoms in total. The van der Waals surface area contributed by atoms with Crippen molar-refractivity contribution in [3.05, 3.63) is 41.5 Å². The lowest BCUT2D eigenvalue weighted by atomic mass is 10.1. The summed E-state index contributed by atoms with van der Waals surface area (Å²) in [7, 11) is -3.89. The van der Waals surface area contributed by atoms with Crippen molar-refractivity contribution in [1.82, 2.24) is 9.97 Å². The lowest BCUT2D eigenvalue weighted by molar-refractivity contribution is 0.412. The number of sulfonamides is 1. The molecule has 0 radical (unpaired) electrons. The number of fused-ring (bicyclic) bond motifs is 1. The molecule has 3 rings (SSSR count). The predicted molar refractivity (Wildman–Crippen MR) is 84.4 cm³/mol. The Labute approximate surface area is 133 Å². The summed E-state index contributed by atoms with van der Waals surface area (Å²) in [4.78, 5) is 6.84. The van der Waals surface area contributed by atoms with Crippen molar-refractivity contribution >= 4 is 26.6 Å². The zero-order valence-electron chi connectivity index (χ0n) is 12.5. The Hall–Kier alpha value is -2.79. The third-order valence-corrected chi connectivity index (χ3v) is 4.72. The fourth-order valence-electron chi connectivity index (χ4n) is 2.37. The van der Waals surface area contributed by atoms with Gasteiger partial charge in [-0.25, -0.2) is 4.98 Å². The van der Waals surface area contributed by atoms with E-state index in [2.05, 4.69) is 20.8 Å². The Kier molecular flexibility index (Phi) is 3.58. The van der Waals surface area contributed by atoms with Gasteiger partial charge in [0.1, 0.15) is 6.07 Å². The Morgan fingerprint density at radius 3 is 2.87 bits per heavy atom. The van der Waals surface area contributed by atoms with Gasteiger partial charge in [-0.3, -0.25) is 4.72 Å². The summed E-state index contributed by atoms with van der Waals surface area (Å²) >= 11 is 0. The minimum atomic E-state index is -3.89. The van der Waals surface area contributed by atoms with Crippen LogP contribution in [0.4, 0.5) is 5.69 Å². The summed E-state index contributed by atoms with van der Waals surface area (Å²) in [6.07, 6.45) is 3.24. The molecule has 1 aromatic carbocycles. The molecule has 2 aromatic heterocycles. The fraction of sp³-hybridized carbons (Fsp3) is 0.200. The van der Waals surface area contributed by atoms with Crippen molar-refractivity contribution in [3.8, 4) is 6.07 Å². The molecule has 0 unspecified atom stereocenters. The molecule has 0 atom stereocenters. The van der Waals surface area contributed by atoms with Crippen LogP contribution < -0.4 is 4.72 Å². The molecule has 0 saturated heterocycles. The third-order valence-electron chi connectivity index (χ3n) is 3.51. The van der Waals surface area contributed by atoms with Crippen molar-refractivity contribution in [1.29, 1.82) is 5.26 Å². The number of nitriles is 1. The first kappa shape index (κ1) is 15.1. The van der Waals surface area contributed by atoms with Gasteiger partial charge in [0.15, 0.2) is 5.89 Å². The molecule has 2 heterocycles. The van der Waals surface area contributed by atoms with Crippen molar-refractivity contribution < 1.29 is 12.8 Å². The van der Waals surface area contributed by atoms with Crippen molar-refractivity contribution in [2.75, 3.05) is 4.72 Å². The normalized spacial score (nSPS) is 11.5. The highest BCUT2D eigenvalue weighted by molar-refractivity contribution is 7.92. The largest absolute Gasteiger partial charge is 0.427 e. The van der Waals surface area contributed by atoms with Crippen molar-refractivity contribution in [2.24, 2.45) is 0 Å². The van der Waals surface area contributed by atoms with Crippen LogP contribution in [-0.2, 0) is 16.4 Å². The van der Waals surface area contributed by atoms with E-state index in [0.717, 1.165) is 5.56 Å². The second-order valence-corrected chi connectivity index (χ2v) is 6.64. The molecule has 0 saturated carbocycles. The first-order chi connectivity index (χ1) is 11.0. The summed E-state index contributed by atoms with van der Waals surface area (Å²) in [5.41, 5.74) is 2.25. The van der Waals surface area contributed by atoms with E-state index in [4.69, 9.17) is 9.68 Å². The number of nitrogens with zero attached hydrogens (tertiary/aromatic N) is 2. The molecule has 0 aliphatic rings. The molecule has 3 aromatic rings. The summed E-state index contributed by atoms with van der Waals surface area (Å²) in [6.45, 7) is 3.68. The van der Waals surface area contributed by atoms with E-state index < -0.39 is 10.0 Å². The molecule has 8 heteroatoms. The van der Waals surface area contributed by atoms with Crippen LogP contribution in [0.1, 0.15) is 23.9 Å². The second-order valence-electron chi connectivity index (χ2n) is 5.03. The van der Waals surface area contributed by atoms with Crippen LogP contribution in [0.25, 0.3) is 10.9 Å². The molecular formula is C15H14N4O3S. The van der Waals surface area contributed by atoms with Gasteiger partial charge < -0.3 is 9.40 Å². The summed E-state index contributed by atoms with van der Waals surface area (Å²) < 4.78 is 32.5. The Balaban J connectivity index is 2.06. The molecule has 23 heavy (non-hydrogen) atoms. The molecule has 0 aliphatic heterocycles. The smallest absolute Gasteiger partial charge is 0.297 e. The highest BCUT2D eigenvalue weighted by Crippen LogP contribution is 2.30. The van der Waals surface area contributed by atoms with E-state index in [9.17, 15) is 8.42 Å². The Bertz CT molecular complexity index is 1020. The monoisotopic (exact) mass is 330 g/mol. The fourth-order valence-corrected chi connectivity index (χ4v) is 3.33. The van der Waals surface area contributed by atoms with Crippen molar-refractivity contribution in [2.45, 2.75) is 25.4 Å². The van der Waals surface area contributed by atoms with E-state index in [0.29, 0.717) is 34.5 Å². The Morgan fingerprint density at radius 2 is 2.22 bits per heavy atom. The topological polar surface area (TPSA) is 112 Å². The van der Waals surface area contributed by atoms with Crippen LogP contribution in [0, 0.1) is 18.3 Å². The van der Waals surface area contributed by atoms with Crippen LogP contribution in [0.15, 0.2) is 34.0 Å². The number of aryl methyl sites for hydroxylation is 2. The number of nitrogens with one attached hydrogen (secondary N) is 2. The maximum Gasteiger partial charge on any atom is 0.297 e. The maximum atomic E-state index is 12.4. The van der Waals surface area contributed by atoms with Gasteiger partial charge in [-0.1, -0.05) is 13.0 Å². The molecule has 0 spiro atoms. The predicted octanol–water partition coefficient (Wildman–Crippen LogP) is 2.70. The quantitative estimate of drug-likeness (QED) is 0.764. The van der Waals surface area contributed by atoms with Crippen molar-refractivity contribution in [3.63, 3.8) is 0 Å². The van der Waals surface area contributed by atoms with Gasteiger partial charge in [0, 0.05) is 18.0 Å². The SMILES string of the molecule is CCc1ncc(S(=O)(=O)Nc2ccc(C)c3c(C#N)c[nH]c23)o1. The van der Waals surface area contributed by atoms with Crippen LogP contribution >= 0.6 is 0 Å². The van der Waals surface area contributed by atoms with Crippen LogP contribution in [-0.4, -0.2) is 18.4 Å². The molecular weight excluding hydrogens is 316 g/mol. The first-order valence-corrected chi connectivity index (χ1v) is 8.43. The molecule has 118 valence electrons. The second kappa shape index (κ2) is 5.44. The standard InChI is InChI=1S/C15H14N4O3S/c1-3-12-17-8-13(22-12)23(20,21)19-11-5-4-9(2)14-10(6-16)7-18-15(11)14/h4-5,7-8,18-19H,3H2,1-2H3. The zero-order valence-corrected chi connectivity index (χ0v) is 13.4. The van der Waals surface area contributed by atoms with E-state index in [-0.39, 0.29) is 5.09 Å². The van der Waals surface area contributed by atoms with Crippen LogP contribution in [0.5, 0.6) is 0 Å². The van der Waals surface area contributed by atoms with Gasteiger partial charge >= 0.3 is 0 Å². The number of benzene rings is 1. The number of rotatable bonds is 4. The number of aromatic amines is 1. The van der Waals surface area contributed by atoms with Crippen LogP contribution in [0.3, 0.4) is 0 Å². The molecule has 0 amide bonds. The number of H-pyrrole nitrogens is 1. The number of anilines is 1. The summed E-state index contributed by atoms with van der Waals surface area (Å²) in [5.74, 6) is 0.353. The van der Waals surface area contributed by atoms with E-state index in [1.165, 1.54) is 6.20 Å². The van der Waals surface area contributed by atoms with Crippen LogP contribution in [0.2, 0.25) is 0 Å². The van der Waals surface area contributed by atoms with Gasteiger partial charge in [-0.05, 0) is 18.6 Å². The first-order valence-electron chi connectivity index (χ1n) is 6.94. The highest BCUT2D eigenvalue weighted by Gasteiger charge is 2.21. The van der Waals surface area contributed by atoms with E-state index >= 15 is 0 Å². The number of hydrogen-bond acceptors (Lipinski definition) is 5. The highest BCUT2D eigenvalue weighted by atomic mass is 32.2. The minimum absolute atomic E-state index is 0.241. The minimum Gasteiger partial charge on any atom is -0.427 e. The lowest BCUT2D eigenvalue weighted by Crippen LogP contribution is -2.12. The summed E-state index contributed by atoms with van der Waals surface area (Å²) in [5, 5.41) is 9.60. The van der Waals surface area contributed by atoms with Gasteiger partial charge in [-0.15, -0.1) is 0 Å². The van der Waals surface area contributed by atoms with E-state index in [1.807, 2.05) is 13.8 Å². The van der Waals surface area contributed by atoms with Gasteiger partial charge in [0.25, 0.3) is 15.1 Å². The maximum absolute atomic E-state index is 12.4. The number of hydrogen-bond donors (Lipinski definition) is 2. The molecule has 0 bridgehead atoms. The third kappa shape index (κ3) is 2.55. The summed E-state index contributed by atoms with van der Waals surface area (Å²) in [6, 6.07) is 5.49.